The molecule has 4 atom stereocenters. The van der Waals surface area contributed by atoms with Crippen LogP contribution in [0.25, 0.3) is 0 Å². The van der Waals surface area contributed by atoms with Crippen molar-refractivity contribution in [3.8, 4) is 0 Å². The number of piperidine rings is 1. The molecule has 3 heterocycles. The van der Waals surface area contributed by atoms with E-state index in [-0.39, 0.29) is 48.9 Å². The van der Waals surface area contributed by atoms with Crippen LogP contribution in [0.4, 0.5) is 0 Å². The van der Waals surface area contributed by atoms with E-state index in [2.05, 4.69) is 15.5 Å². The Bertz CT molecular complexity index is 611. The third-order valence-corrected chi connectivity index (χ3v) is 5.88. The second-order valence-corrected chi connectivity index (χ2v) is 7.86. The van der Waals surface area contributed by atoms with Crippen molar-refractivity contribution in [2.24, 2.45) is 0 Å². The number of halogens is 3. The van der Waals surface area contributed by atoms with Crippen LogP contribution in [0.15, 0.2) is 24.3 Å². The smallest absolute Gasteiger partial charge is 0.237 e. The lowest BCUT2D eigenvalue weighted by Gasteiger charge is -2.35. The van der Waals surface area contributed by atoms with E-state index in [1.165, 1.54) is 12.0 Å². The summed E-state index contributed by atoms with van der Waals surface area (Å²) in [6, 6.07) is 8.54. The molecule has 0 aromatic heterocycles. The number of amides is 1. The number of fused-ring (bicyclic) bond motifs is 1. The van der Waals surface area contributed by atoms with E-state index in [1.54, 1.807) is 0 Å². The molecule has 3 fully saturated rings. The lowest BCUT2D eigenvalue weighted by atomic mass is 10.0. The number of ether oxygens (including phenoxy) is 1. The molecule has 8 heteroatoms. The van der Waals surface area contributed by atoms with E-state index < -0.39 is 0 Å². The van der Waals surface area contributed by atoms with Gasteiger partial charge in [0.05, 0.1) is 18.8 Å². The molecule has 1 aromatic rings. The number of morpholine rings is 1. The Balaban J connectivity index is 0.00000131. The summed E-state index contributed by atoms with van der Waals surface area (Å²) in [5, 5.41) is 7.33. The molecule has 3 aliphatic heterocycles. The summed E-state index contributed by atoms with van der Waals surface area (Å²) in [5.74, 6) is 0.166. The minimum Gasteiger partial charge on any atom is -0.371 e. The Kier molecular flexibility index (Phi) is 8.66. The number of nitrogens with one attached hydrogen (secondary N) is 2. The van der Waals surface area contributed by atoms with Crippen molar-refractivity contribution in [3.63, 3.8) is 0 Å². The first-order valence-electron chi connectivity index (χ1n) is 9.34. The zero-order valence-electron chi connectivity index (χ0n) is 15.2. The van der Waals surface area contributed by atoms with Crippen LogP contribution >= 0.6 is 36.4 Å². The molecule has 3 aliphatic rings. The van der Waals surface area contributed by atoms with E-state index in [9.17, 15) is 4.79 Å². The Morgan fingerprint density at radius 1 is 1.19 bits per heavy atom. The van der Waals surface area contributed by atoms with Crippen molar-refractivity contribution >= 4 is 42.3 Å². The van der Waals surface area contributed by atoms with Gasteiger partial charge in [0.25, 0.3) is 0 Å². The molecule has 0 unspecified atom stereocenters. The summed E-state index contributed by atoms with van der Waals surface area (Å²) >= 11 is 5.97. The largest absolute Gasteiger partial charge is 0.371 e. The molecule has 1 aromatic carbocycles. The van der Waals surface area contributed by atoms with Gasteiger partial charge in [-0.2, -0.15) is 0 Å². The number of rotatable bonds is 3. The molecule has 0 spiro atoms. The van der Waals surface area contributed by atoms with Crippen LogP contribution in [0.1, 0.15) is 37.4 Å². The van der Waals surface area contributed by atoms with E-state index in [4.69, 9.17) is 16.3 Å². The lowest BCUT2D eigenvalue weighted by Crippen LogP contribution is -2.50. The second kappa shape index (κ2) is 10.3. The number of hydrogen-bond donors (Lipinski definition) is 2. The van der Waals surface area contributed by atoms with Crippen LogP contribution in [0, 0.1) is 0 Å². The molecule has 0 bridgehead atoms. The maximum absolute atomic E-state index is 12.4. The van der Waals surface area contributed by atoms with E-state index in [0.717, 1.165) is 50.5 Å². The van der Waals surface area contributed by atoms with Gasteiger partial charge in [-0.1, -0.05) is 30.2 Å². The first kappa shape index (κ1) is 22.7. The van der Waals surface area contributed by atoms with E-state index in [1.807, 2.05) is 24.3 Å². The number of nitrogens with zero attached hydrogens (tertiary/aromatic N) is 1. The summed E-state index contributed by atoms with van der Waals surface area (Å²) in [6.45, 7) is 3.46. The molecule has 2 N–H and O–H groups in total. The van der Waals surface area contributed by atoms with Crippen LogP contribution in [0.3, 0.4) is 0 Å². The quantitative estimate of drug-likeness (QED) is 0.765. The summed E-state index contributed by atoms with van der Waals surface area (Å²) in [7, 11) is 0. The summed E-state index contributed by atoms with van der Waals surface area (Å²) in [4.78, 5) is 14.9. The van der Waals surface area contributed by atoms with Gasteiger partial charge in [-0.3, -0.25) is 9.69 Å². The molecule has 152 valence electrons. The highest BCUT2D eigenvalue weighted by Crippen LogP contribution is 2.30. The van der Waals surface area contributed by atoms with Crippen molar-refractivity contribution in [1.82, 2.24) is 15.5 Å². The number of carbonyl (C=O) groups is 1. The van der Waals surface area contributed by atoms with Crippen molar-refractivity contribution in [3.05, 3.63) is 34.9 Å². The van der Waals surface area contributed by atoms with Crippen molar-refractivity contribution in [2.75, 3.05) is 26.2 Å². The average molecular weight is 437 g/mol. The zero-order chi connectivity index (χ0) is 17.2. The molecule has 4 rings (SSSR count). The van der Waals surface area contributed by atoms with E-state index >= 15 is 0 Å². The maximum Gasteiger partial charge on any atom is 0.237 e. The summed E-state index contributed by atoms with van der Waals surface area (Å²) in [6.07, 6.45) is 4.33. The SMILES string of the molecule is Cl.Cl.O=C(N[C@@H]1C[C@H]2CO[C@@H](c3ccc(Cl)cc3)CN2C1)[C@H]1CCCCN1. The Morgan fingerprint density at radius 3 is 2.67 bits per heavy atom. The van der Waals surface area contributed by atoms with Crippen LogP contribution in [0.5, 0.6) is 0 Å². The first-order chi connectivity index (χ1) is 12.2. The predicted molar refractivity (Wildman–Crippen MR) is 112 cm³/mol. The molecule has 0 saturated carbocycles. The molecule has 27 heavy (non-hydrogen) atoms. The van der Waals surface area contributed by atoms with Crippen LogP contribution in [0.2, 0.25) is 5.02 Å². The highest BCUT2D eigenvalue weighted by Gasteiger charge is 2.38. The van der Waals surface area contributed by atoms with Crippen LogP contribution in [-0.2, 0) is 9.53 Å². The molecular weight excluding hydrogens is 409 g/mol. The number of benzene rings is 1. The fraction of sp³-hybridized carbons (Fsp3) is 0.632. The van der Waals surface area contributed by atoms with E-state index in [0.29, 0.717) is 6.04 Å². The topological polar surface area (TPSA) is 53.6 Å². The maximum atomic E-state index is 12.4. The minimum absolute atomic E-state index is 0. The standard InChI is InChI=1S/C19H26ClN3O2.2ClH/c20-14-6-4-13(5-7-14)18-11-23-10-15(9-16(23)12-25-18)22-19(24)17-3-1-2-8-21-17;;/h4-7,15-18,21H,1-3,8-12H2,(H,22,24);2*1H/t15-,16+,17-,18-;;/m1../s1. The van der Waals surface area contributed by atoms with Crippen molar-refractivity contribution in [2.45, 2.75) is 49.9 Å². The van der Waals surface area contributed by atoms with Crippen molar-refractivity contribution in [1.29, 1.82) is 0 Å². The van der Waals surface area contributed by atoms with Gasteiger partial charge in [0.1, 0.15) is 0 Å². The highest BCUT2D eigenvalue weighted by molar-refractivity contribution is 6.30. The molecule has 0 radical (unpaired) electrons. The summed E-state index contributed by atoms with van der Waals surface area (Å²) < 4.78 is 6.08. The van der Waals surface area contributed by atoms with Crippen LogP contribution < -0.4 is 10.6 Å². The fourth-order valence-corrected chi connectivity index (χ4v) is 4.36. The first-order valence-corrected chi connectivity index (χ1v) is 9.72. The average Bonchev–Trinajstić information content (AvgIpc) is 3.04. The predicted octanol–water partition coefficient (Wildman–Crippen LogP) is 2.96. The summed E-state index contributed by atoms with van der Waals surface area (Å²) in [5.41, 5.74) is 1.17. The van der Waals surface area contributed by atoms with Gasteiger partial charge in [0, 0.05) is 30.2 Å². The second-order valence-electron chi connectivity index (χ2n) is 7.42. The molecular formula is C19H28Cl3N3O2. The Hall–Kier alpha value is -0.560. The monoisotopic (exact) mass is 435 g/mol. The normalized spacial score (nSPS) is 30.6. The number of hydrogen-bond acceptors (Lipinski definition) is 4. The van der Waals surface area contributed by atoms with Gasteiger partial charge in [-0.25, -0.2) is 0 Å². The number of carbonyl (C=O) groups excluding carboxylic acids is 1. The third kappa shape index (κ3) is 5.49. The zero-order valence-corrected chi connectivity index (χ0v) is 17.6. The van der Waals surface area contributed by atoms with Crippen LogP contribution in [-0.4, -0.2) is 55.2 Å². The highest BCUT2D eigenvalue weighted by atomic mass is 35.5. The Labute approximate surface area is 178 Å². The Morgan fingerprint density at radius 2 is 1.96 bits per heavy atom. The molecule has 3 saturated heterocycles. The van der Waals surface area contributed by atoms with Gasteiger partial charge in [-0.05, 0) is 43.5 Å². The fourth-order valence-electron chi connectivity index (χ4n) is 4.24. The van der Waals surface area contributed by atoms with Gasteiger partial charge in [0.15, 0.2) is 0 Å². The minimum atomic E-state index is -0.00977. The third-order valence-electron chi connectivity index (χ3n) is 5.63. The van der Waals surface area contributed by atoms with Gasteiger partial charge >= 0.3 is 0 Å². The van der Waals surface area contributed by atoms with Gasteiger partial charge < -0.3 is 15.4 Å². The van der Waals surface area contributed by atoms with Gasteiger partial charge in [0.2, 0.25) is 5.91 Å². The molecule has 5 nitrogen and oxygen atoms in total. The van der Waals surface area contributed by atoms with Crippen molar-refractivity contribution < 1.29 is 9.53 Å². The van der Waals surface area contributed by atoms with Gasteiger partial charge in [-0.15, -0.1) is 24.8 Å². The molecule has 1 amide bonds. The molecule has 0 aliphatic carbocycles. The lowest BCUT2D eigenvalue weighted by molar-refractivity contribution is -0.124.